The van der Waals surface area contributed by atoms with E-state index in [-0.39, 0.29) is 17.5 Å². The van der Waals surface area contributed by atoms with Gasteiger partial charge in [0, 0.05) is 12.6 Å². The number of carbonyl (C=O) groups excluding carboxylic acids is 1. The van der Waals surface area contributed by atoms with Crippen LogP contribution in [0, 0.1) is 5.92 Å². The normalized spacial score (nSPS) is 24.0. The zero-order chi connectivity index (χ0) is 12.5. The molecule has 0 radical (unpaired) electrons. The molecule has 0 unspecified atom stereocenters. The number of hydrogen-bond acceptors (Lipinski definition) is 3. The summed E-state index contributed by atoms with van der Waals surface area (Å²) in [5.74, 6) is 0.484. The van der Waals surface area contributed by atoms with Gasteiger partial charge in [-0.25, -0.2) is 0 Å². The molecule has 1 aromatic rings. The molecule has 5 nitrogen and oxygen atoms in total. The maximum absolute atomic E-state index is 12.4. The van der Waals surface area contributed by atoms with Crippen molar-refractivity contribution >= 4 is 5.91 Å². The number of amides is 1. The third-order valence-electron chi connectivity index (χ3n) is 3.59. The van der Waals surface area contributed by atoms with E-state index in [1.807, 2.05) is 4.90 Å². The van der Waals surface area contributed by atoms with Gasteiger partial charge in [0.15, 0.2) is 0 Å². The molecule has 0 bridgehead atoms. The highest BCUT2D eigenvalue weighted by Gasteiger charge is 2.39. The van der Waals surface area contributed by atoms with Gasteiger partial charge in [0.25, 0.3) is 5.91 Å². The summed E-state index contributed by atoms with van der Waals surface area (Å²) >= 11 is 0. The second kappa shape index (κ2) is 4.57. The third-order valence-corrected chi connectivity index (χ3v) is 3.59. The van der Waals surface area contributed by atoms with Gasteiger partial charge in [-0.3, -0.25) is 9.59 Å². The highest BCUT2D eigenvalue weighted by atomic mass is 16.5. The second-order valence-electron chi connectivity index (χ2n) is 4.91. The highest BCUT2D eigenvalue weighted by molar-refractivity contribution is 5.92. The van der Waals surface area contributed by atoms with E-state index in [1.54, 1.807) is 12.1 Å². The molecule has 18 heavy (non-hydrogen) atoms. The van der Waals surface area contributed by atoms with Gasteiger partial charge >= 0.3 is 0 Å². The average Bonchev–Trinajstić information content (AvgIpc) is 3.22. The summed E-state index contributed by atoms with van der Waals surface area (Å²) in [6, 6.07) is 4.85. The van der Waals surface area contributed by atoms with E-state index in [1.165, 1.54) is 18.9 Å². The van der Waals surface area contributed by atoms with E-state index in [0.717, 1.165) is 0 Å². The Labute approximate surface area is 105 Å². The summed E-state index contributed by atoms with van der Waals surface area (Å²) in [6.07, 6.45) is 2.34. The summed E-state index contributed by atoms with van der Waals surface area (Å²) < 4.78 is 5.46. The molecule has 3 rings (SSSR count). The molecular formula is C13H16N2O3. The van der Waals surface area contributed by atoms with Gasteiger partial charge in [-0.2, -0.15) is 0 Å². The van der Waals surface area contributed by atoms with Gasteiger partial charge in [-0.1, -0.05) is 6.07 Å². The fraction of sp³-hybridized carbons (Fsp3) is 0.538. The van der Waals surface area contributed by atoms with Crippen molar-refractivity contribution in [1.82, 2.24) is 9.88 Å². The molecule has 1 saturated heterocycles. The van der Waals surface area contributed by atoms with Crippen molar-refractivity contribution in [3.05, 3.63) is 34.2 Å². The Balaban J connectivity index is 1.83. The lowest BCUT2D eigenvalue weighted by Crippen LogP contribution is -2.50. The Morgan fingerprint density at radius 2 is 2.22 bits per heavy atom. The zero-order valence-electron chi connectivity index (χ0n) is 10.1. The largest absolute Gasteiger partial charge is 0.377 e. The Kier molecular flexibility index (Phi) is 2.91. The lowest BCUT2D eigenvalue weighted by molar-refractivity contribution is -0.00865. The molecule has 1 saturated carbocycles. The Morgan fingerprint density at radius 1 is 1.39 bits per heavy atom. The SMILES string of the molecule is O=C(c1cccc(=O)[nH]1)N1CCOC[C@H]1C1CC1. The van der Waals surface area contributed by atoms with Gasteiger partial charge < -0.3 is 14.6 Å². The zero-order valence-corrected chi connectivity index (χ0v) is 10.1. The van der Waals surface area contributed by atoms with Crippen LogP contribution in [-0.2, 0) is 4.74 Å². The molecular weight excluding hydrogens is 232 g/mol. The molecule has 1 aromatic heterocycles. The van der Waals surface area contributed by atoms with Crippen molar-refractivity contribution in [3.63, 3.8) is 0 Å². The van der Waals surface area contributed by atoms with Crippen LogP contribution in [-0.4, -0.2) is 41.6 Å². The predicted molar refractivity (Wildman–Crippen MR) is 65.4 cm³/mol. The first kappa shape index (κ1) is 11.5. The standard InChI is InChI=1S/C13H16N2O3/c16-12-3-1-2-10(14-12)13(17)15-6-7-18-8-11(15)9-4-5-9/h1-3,9,11H,4-8H2,(H,14,16)/t11-/m0/s1. The van der Waals surface area contributed by atoms with Crippen LogP contribution in [0.4, 0.5) is 0 Å². The molecule has 5 heteroatoms. The predicted octanol–water partition coefficient (Wildman–Crippen LogP) is 0.626. The number of nitrogens with zero attached hydrogens (tertiary/aromatic N) is 1. The molecule has 2 aliphatic rings. The minimum Gasteiger partial charge on any atom is -0.377 e. The lowest BCUT2D eigenvalue weighted by Gasteiger charge is -2.35. The van der Waals surface area contributed by atoms with E-state index >= 15 is 0 Å². The van der Waals surface area contributed by atoms with Crippen LogP contribution >= 0.6 is 0 Å². The number of ether oxygens (including phenoxy) is 1. The van der Waals surface area contributed by atoms with Crippen LogP contribution < -0.4 is 5.56 Å². The molecule has 0 aromatic carbocycles. The van der Waals surface area contributed by atoms with E-state index in [2.05, 4.69) is 4.98 Å². The van der Waals surface area contributed by atoms with Crippen LogP contribution in [0.5, 0.6) is 0 Å². The molecule has 96 valence electrons. The monoisotopic (exact) mass is 248 g/mol. The molecule has 1 N–H and O–H groups in total. The topological polar surface area (TPSA) is 62.4 Å². The van der Waals surface area contributed by atoms with Crippen molar-refractivity contribution in [2.45, 2.75) is 18.9 Å². The van der Waals surface area contributed by atoms with Crippen LogP contribution in [0.15, 0.2) is 23.0 Å². The molecule has 1 aliphatic carbocycles. The maximum Gasteiger partial charge on any atom is 0.270 e. The summed E-state index contributed by atoms with van der Waals surface area (Å²) in [6.45, 7) is 1.80. The maximum atomic E-state index is 12.4. The van der Waals surface area contributed by atoms with Crippen LogP contribution in [0.2, 0.25) is 0 Å². The molecule has 2 fully saturated rings. The van der Waals surface area contributed by atoms with Gasteiger partial charge in [0.05, 0.1) is 19.3 Å². The number of nitrogens with one attached hydrogen (secondary N) is 1. The van der Waals surface area contributed by atoms with Crippen molar-refractivity contribution in [3.8, 4) is 0 Å². The second-order valence-corrected chi connectivity index (χ2v) is 4.91. The Morgan fingerprint density at radius 3 is 2.94 bits per heavy atom. The van der Waals surface area contributed by atoms with Gasteiger partial charge in [-0.15, -0.1) is 0 Å². The van der Waals surface area contributed by atoms with Gasteiger partial charge in [0.1, 0.15) is 5.69 Å². The van der Waals surface area contributed by atoms with Crippen LogP contribution in [0.25, 0.3) is 0 Å². The van der Waals surface area contributed by atoms with Gasteiger partial charge in [0.2, 0.25) is 5.56 Å². The number of aromatic nitrogens is 1. The van der Waals surface area contributed by atoms with E-state index in [0.29, 0.717) is 31.4 Å². The molecule has 1 amide bonds. The lowest BCUT2D eigenvalue weighted by atomic mass is 10.1. The van der Waals surface area contributed by atoms with E-state index in [9.17, 15) is 9.59 Å². The van der Waals surface area contributed by atoms with Crippen molar-refractivity contribution in [2.24, 2.45) is 5.92 Å². The number of pyridine rings is 1. The van der Waals surface area contributed by atoms with Crippen LogP contribution in [0.1, 0.15) is 23.3 Å². The number of rotatable bonds is 2. The first-order valence-corrected chi connectivity index (χ1v) is 6.34. The molecule has 2 heterocycles. The number of carbonyl (C=O) groups is 1. The van der Waals surface area contributed by atoms with E-state index in [4.69, 9.17) is 4.74 Å². The van der Waals surface area contributed by atoms with E-state index < -0.39 is 0 Å². The quantitative estimate of drug-likeness (QED) is 0.834. The minimum atomic E-state index is -0.239. The summed E-state index contributed by atoms with van der Waals surface area (Å²) in [5.41, 5.74) is 0.132. The molecule has 1 aliphatic heterocycles. The first-order chi connectivity index (χ1) is 8.75. The number of morpholine rings is 1. The fourth-order valence-corrected chi connectivity index (χ4v) is 2.47. The summed E-state index contributed by atoms with van der Waals surface area (Å²) in [5, 5.41) is 0. The first-order valence-electron chi connectivity index (χ1n) is 6.34. The number of H-pyrrole nitrogens is 1. The van der Waals surface area contributed by atoms with Crippen molar-refractivity contribution < 1.29 is 9.53 Å². The average molecular weight is 248 g/mol. The minimum absolute atomic E-state index is 0.0899. The smallest absolute Gasteiger partial charge is 0.270 e. The third kappa shape index (κ3) is 2.18. The molecule has 0 spiro atoms. The van der Waals surface area contributed by atoms with Gasteiger partial charge in [-0.05, 0) is 24.8 Å². The van der Waals surface area contributed by atoms with Crippen molar-refractivity contribution in [1.29, 1.82) is 0 Å². The summed E-state index contributed by atoms with van der Waals surface area (Å²) in [7, 11) is 0. The molecule has 1 atom stereocenters. The van der Waals surface area contributed by atoms with Crippen LogP contribution in [0.3, 0.4) is 0 Å². The van der Waals surface area contributed by atoms with Crippen molar-refractivity contribution in [2.75, 3.05) is 19.8 Å². The Bertz CT molecular complexity index is 507. The number of aromatic amines is 1. The number of hydrogen-bond donors (Lipinski definition) is 1. The highest BCUT2D eigenvalue weighted by Crippen LogP contribution is 2.36. The fourth-order valence-electron chi connectivity index (χ4n) is 2.47. The summed E-state index contributed by atoms with van der Waals surface area (Å²) in [4.78, 5) is 28.1. The Hall–Kier alpha value is -1.62.